The van der Waals surface area contributed by atoms with Crippen molar-refractivity contribution in [2.45, 2.75) is 9.79 Å². The molecular formula is C24H17ClO2S. The lowest BCUT2D eigenvalue weighted by molar-refractivity contribution is 0.482. The molecule has 0 aromatic heterocycles. The van der Waals surface area contributed by atoms with Gasteiger partial charge in [0.25, 0.3) is 0 Å². The number of rotatable bonds is 6. The molecule has 4 rings (SSSR count). The normalized spacial score (nSPS) is 10.5. The van der Waals surface area contributed by atoms with E-state index in [0.29, 0.717) is 5.02 Å². The van der Waals surface area contributed by atoms with Gasteiger partial charge in [-0.1, -0.05) is 41.6 Å². The largest absolute Gasteiger partial charge is 0.457 e. The molecule has 28 heavy (non-hydrogen) atoms. The maximum Gasteiger partial charge on any atom is 0.127 e. The van der Waals surface area contributed by atoms with Gasteiger partial charge in [0.15, 0.2) is 0 Å². The molecule has 0 saturated carbocycles. The van der Waals surface area contributed by atoms with E-state index in [1.165, 1.54) is 0 Å². The Kier molecular flexibility index (Phi) is 5.86. The standard InChI is InChI=1S/C24H17ClO2S/c25-18-6-8-20(9-7-18)27-22-12-16-24(17-13-22)28-23-14-10-21(11-15-23)26-19-4-2-1-3-5-19/h1-17H. The molecule has 0 aliphatic heterocycles. The van der Waals surface area contributed by atoms with Crippen LogP contribution in [0, 0.1) is 0 Å². The lowest BCUT2D eigenvalue weighted by Crippen LogP contribution is -1.84. The van der Waals surface area contributed by atoms with Gasteiger partial charge in [0.2, 0.25) is 0 Å². The summed E-state index contributed by atoms with van der Waals surface area (Å²) in [7, 11) is 0. The Labute approximate surface area is 173 Å². The summed E-state index contributed by atoms with van der Waals surface area (Å²) in [6.07, 6.45) is 0. The van der Waals surface area contributed by atoms with Crippen molar-refractivity contribution in [3.63, 3.8) is 0 Å². The first-order valence-electron chi connectivity index (χ1n) is 8.79. The van der Waals surface area contributed by atoms with Gasteiger partial charge in [-0.25, -0.2) is 0 Å². The van der Waals surface area contributed by atoms with Crippen LogP contribution in [-0.4, -0.2) is 0 Å². The number of halogens is 1. The molecular weight excluding hydrogens is 388 g/mol. The number of benzene rings is 4. The van der Waals surface area contributed by atoms with Crippen LogP contribution in [0.5, 0.6) is 23.0 Å². The van der Waals surface area contributed by atoms with Crippen molar-refractivity contribution in [1.82, 2.24) is 0 Å². The van der Waals surface area contributed by atoms with Gasteiger partial charge >= 0.3 is 0 Å². The summed E-state index contributed by atoms with van der Waals surface area (Å²) in [6.45, 7) is 0. The smallest absolute Gasteiger partial charge is 0.127 e. The van der Waals surface area contributed by atoms with Gasteiger partial charge in [0, 0.05) is 14.8 Å². The quantitative estimate of drug-likeness (QED) is 0.323. The van der Waals surface area contributed by atoms with Crippen LogP contribution in [0.15, 0.2) is 113 Å². The maximum absolute atomic E-state index is 5.90. The Morgan fingerprint density at radius 1 is 0.464 bits per heavy atom. The van der Waals surface area contributed by atoms with E-state index in [2.05, 4.69) is 12.1 Å². The second-order valence-corrected chi connectivity index (χ2v) is 7.60. The molecule has 138 valence electrons. The first kappa shape index (κ1) is 18.5. The van der Waals surface area contributed by atoms with E-state index in [1.807, 2.05) is 91.0 Å². The van der Waals surface area contributed by atoms with Crippen LogP contribution in [0.2, 0.25) is 5.02 Å². The predicted molar refractivity (Wildman–Crippen MR) is 115 cm³/mol. The minimum Gasteiger partial charge on any atom is -0.457 e. The Balaban J connectivity index is 1.36. The van der Waals surface area contributed by atoms with Gasteiger partial charge in [0.1, 0.15) is 23.0 Å². The van der Waals surface area contributed by atoms with Crippen molar-refractivity contribution in [2.75, 3.05) is 0 Å². The van der Waals surface area contributed by atoms with Crippen molar-refractivity contribution >= 4 is 23.4 Å². The molecule has 0 aliphatic carbocycles. The van der Waals surface area contributed by atoms with Crippen molar-refractivity contribution in [3.8, 4) is 23.0 Å². The highest BCUT2D eigenvalue weighted by atomic mass is 35.5. The molecule has 0 atom stereocenters. The third kappa shape index (κ3) is 5.10. The van der Waals surface area contributed by atoms with Crippen LogP contribution >= 0.6 is 23.4 Å². The summed E-state index contributed by atoms with van der Waals surface area (Å²) >= 11 is 7.59. The van der Waals surface area contributed by atoms with E-state index >= 15 is 0 Å². The van der Waals surface area contributed by atoms with Crippen molar-refractivity contribution < 1.29 is 9.47 Å². The molecule has 0 aliphatic rings. The molecule has 4 aromatic rings. The second kappa shape index (κ2) is 8.87. The summed E-state index contributed by atoms with van der Waals surface area (Å²) in [5.41, 5.74) is 0. The van der Waals surface area contributed by atoms with Gasteiger partial charge in [-0.15, -0.1) is 0 Å². The molecule has 0 saturated heterocycles. The van der Waals surface area contributed by atoms with Gasteiger partial charge in [-0.05, 0) is 84.9 Å². The molecule has 0 radical (unpaired) electrons. The molecule has 0 unspecified atom stereocenters. The van der Waals surface area contributed by atoms with Gasteiger partial charge in [0.05, 0.1) is 0 Å². The molecule has 0 N–H and O–H groups in total. The summed E-state index contributed by atoms with van der Waals surface area (Å²) in [6, 6.07) is 33.2. The van der Waals surface area contributed by atoms with Crippen LogP contribution in [0.25, 0.3) is 0 Å². The summed E-state index contributed by atoms with van der Waals surface area (Å²) in [5.74, 6) is 3.21. The van der Waals surface area contributed by atoms with Crippen molar-refractivity contribution in [3.05, 3.63) is 108 Å². The van der Waals surface area contributed by atoms with E-state index in [-0.39, 0.29) is 0 Å². The molecule has 0 heterocycles. The Bertz CT molecular complexity index is 1010. The summed E-state index contributed by atoms with van der Waals surface area (Å²) in [5, 5.41) is 0.694. The van der Waals surface area contributed by atoms with Crippen molar-refractivity contribution in [2.24, 2.45) is 0 Å². The number of para-hydroxylation sites is 1. The molecule has 0 bridgehead atoms. The molecule has 0 spiro atoms. The maximum atomic E-state index is 5.90. The molecule has 2 nitrogen and oxygen atoms in total. The first-order chi connectivity index (χ1) is 13.7. The minimum absolute atomic E-state index is 0.694. The van der Waals surface area contributed by atoms with Crippen LogP contribution in [-0.2, 0) is 0 Å². The number of hydrogen-bond donors (Lipinski definition) is 0. The summed E-state index contributed by atoms with van der Waals surface area (Å²) in [4.78, 5) is 2.28. The number of ether oxygens (including phenoxy) is 2. The monoisotopic (exact) mass is 404 g/mol. The van der Waals surface area contributed by atoms with Crippen LogP contribution < -0.4 is 9.47 Å². The summed E-state index contributed by atoms with van der Waals surface area (Å²) < 4.78 is 11.7. The van der Waals surface area contributed by atoms with E-state index in [9.17, 15) is 0 Å². The average molecular weight is 405 g/mol. The number of hydrogen-bond acceptors (Lipinski definition) is 3. The highest BCUT2D eigenvalue weighted by Crippen LogP contribution is 2.32. The lowest BCUT2D eigenvalue weighted by Gasteiger charge is -2.08. The zero-order valence-corrected chi connectivity index (χ0v) is 16.5. The van der Waals surface area contributed by atoms with E-state index in [0.717, 1.165) is 32.8 Å². The van der Waals surface area contributed by atoms with Crippen molar-refractivity contribution in [1.29, 1.82) is 0 Å². The van der Waals surface area contributed by atoms with Crippen LogP contribution in [0.4, 0.5) is 0 Å². The lowest BCUT2D eigenvalue weighted by atomic mass is 10.3. The fourth-order valence-corrected chi connectivity index (χ4v) is 3.49. The fraction of sp³-hybridized carbons (Fsp3) is 0. The van der Waals surface area contributed by atoms with E-state index in [4.69, 9.17) is 21.1 Å². The zero-order valence-electron chi connectivity index (χ0n) is 14.9. The highest BCUT2D eigenvalue weighted by molar-refractivity contribution is 7.99. The molecule has 0 fully saturated rings. The van der Waals surface area contributed by atoms with E-state index < -0.39 is 0 Å². The molecule has 0 amide bonds. The average Bonchev–Trinajstić information content (AvgIpc) is 2.73. The topological polar surface area (TPSA) is 18.5 Å². The SMILES string of the molecule is Clc1ccc(Oc2ccc(Sc3ccc(Oc4ccccc4)cc3)cc2)cc1. The Morgan fingerprint density at radius 2 is 0.857 bits per heavy atom. The van der Waals surface area contributed by atoms with Gasteiger partial charge in [-0.3, -0.25) is 0 Å². The molecule has 4 aromatic carbocycles. The van der Waals surface area contributed by atoms with Gasteiger partial charge < -0.3 is 9.47 Å². The molecule has 4 heteroatoms. The Morgan fingerprint density at radius 3 is 1.32 bits per heavy atom. The van der Waals surface area contributed by atoms with Gasteiger partial charge in [-0.2, -0.15) is 0 Å². The predicted octanol–water partition coefficient (Wildman–Crippen LogP) is 8.08. The van der Waals surface area contributed by atoms with E-state index in [1.54, 1.807) is 11.8 Å². The zero-order chi connectivity index (χ0) is 19.2. The first-order valence-corrected chi connectivity index (χ1v) is 9.98. The highest BCUT2D eigenvalue weighted by Gasteiger charge is 2.02. The Hall–Kier alpha value is -2.88. The minimum atomic E-state index is 0.694. The third-order valence-corrected chi connectivity index (χ3v) is 5.18. The van der Waals surface area contributed by atoms with Crippen LogP contribution in [0.1, 0.15) is 0 Å². The second-order valence-electron chi connectivity index (χ2n) is 6.02. The van der Waals surface area contributed by atoms with Crippen LogP contribution in [0.3, 0.4) is 0 Å². The fourth-order valence-electron chi connectivity index (χ4n) is 2.55. The third-order valence-electron chi connectivity index (χ3n) is 3.91.